The standard InChI is InChI=1S/C10H16O5/c1(7-3-13-7)11-5-9-10(15-9)6-12-2-8-4-14-8/h7-10H,1-6H2. The Balaban J connectivity index is 1.18. The summed E-state index contributed by atoms with van der Waals surface area (Å²) < 4.78 is 26.3. The maximum Gasteiger partial charge on any atom is 0.110 e. The van der Waals surface area contributed by atoms with Gasteiger partial charge in [-0.25, -0.2) is 0 Å². The molecule has 0 aromatic heterocycles. The lowest BCUT2D eigenvalue weighted by atomic mass is 10.3. The van der Waals surface area contributed by atoms with Crippen LogP contribution in [0.3, 0.4) is 0 Å². The van der Waals surface area contributed by atoms with E-state index in [1.807, 2.05) is 0 Å². The highest BCUT2D eigenvalue weighted by molar-refractivity contribution is 4.85. The average molecular weight is 216 g/mol. The lowest BCUT2D eigenvalue weighted by Gasteiger charge is -1.99. The molecule has 0 aromatic rings. The van der Waals surface area contributed by atoms with Gasteiger partial charge in [0, 0.05) is 0 Å². The molecule has 0 N–H and O–H groups in total. The zero-order valence-corrected chi connectivity index (χ0v) is 8.59. The highest BCUT2D eigenvalue weighted by Crippen LogP contribution is 2.23. The predicted molar refractivity (Wildman–Crippen MR) is 49.8 cm³/mol. The van der Waals surface area contributed by atoms with Gasteiger partial charge in [-0.3, -0.25) is 0 Å². The molecule has 3 fully saturated rings. The Kier molecular flexibility index (Phi) is 2.90. The monoisotopic (exact) mass is 216 g/mol. The normalized spacial score (nSPS) is 41.6. The topological polar surface area (TPSA) is 56.0 Å². The molecule has 3 aliphatic rings. The fraction of sp³-hybridized carbons (Fsp3) is 1.00. The van der Waals surface area contributed by atoms with E-state index in [0.717, 1.165) is 13.2 Å². The SMILES string of the molecule is C(OCC1OC1COCC1CO1)C1CO1. The lowest BCUT2D eigenvalue weighted by Crippen LogP contribution is -2.13. The van der Waals surface area contributed by atoms with Crippen LogP contribution in [0.2, 0.25) is 0 Å². The predicted octanol–water partition coefficient (Wildman–Crippen LogP) is -0.415. The van der Waals surface area contributed by atoms with E-state index >= 15 is 0 Å². The molecule has 3 rings (SSSR count). The van der Waals surface area contributed by atoms with E-state index < -0.39 is 0 Å². The second-order valence-corrected chi connectivity index (χ2v) is 4.20. The molecule has 4 unspecified atom stereocenters. The third kappa shape index (κ3) is 3.39. The zero-order chi connectivity index (χ0) is 10.1. The molecule has 0 aliphatic carbocycles. The highest BCUT2D eigenvalue weighted by atomic mass is 16.7. The second kappa shape index (κ2) is 4.35. The molecule has 0 aromatic carbocycles. The third-order valence-electron chi connectivity index (χ3n) is 2.66. The van der Waals surface area contributed by atoms with Gasteiger partial charge in [-0.1, -0.05) is 0 Å². The molecule has 3 saturated heterocycles. The third-order valence-corrected chi connectivity index (χ3v) is 2.66. The maximum atomic E-state index is 5.42. The van der Waals surface area contributed by atoms with E-state index in [0.29, 0.717) is 38.6 Å². The molecule has 0 radical (unpaired) electrons. The van der Waals surface area contributed by atoms with Crippen molar-refractivity contribution in [2.24, 2.45) is 0 Å². The Morgan fingerprint density at radius 1 is 0.800 bits per heavy atom. The van der Waals surface area contributed by atoms with Crippen LogP contribution in [0.5, 0.6) is 0 Å². The molecule has 86 valence electrons. The molecule has 0 saturated carbocycles. The van der Waals surface area contributed by atoms with E-state index in [-0.39, 0.29) is 12.2 Å². The Bertz CT molecular complexity index is 192. The molecule has 0 bridgehead atoms. The van der Waals surface area contributed by atoms with Crippen LogP contribution < -0.4 is 0 Å². The molecular weight excluding hydrogens is 200 g/mol. The van der Waals surface area contributed by atoms with Gasteiger partial charge in [-0.2, -0.15) is 0 Å². The summed E-state index contributed by atoms with van der Waals surface area (Å²) in [6.07, 6.45) is 1.13. The minimum atomic E-state index is 0.226. The molecule has 5 nitrogen and oxygen atoms in total. The van der Waals surface area contributed by atoms with Crippen LogP contribution >= 0.6 is 0 Å². The van der Waals surface area contributed by atoms with E-state index in [1.54, 1.807) is 0 Å². The highest BCUT2D eigenvalue weighted by Gasteiger charge is 2.40. The molecule has 4 atom stereocenters. The van der Waals surface area contributed by atoms with E-state index in [1.165, 1.54) is 0 Å². The van der Waals surface area contributed by atoms with Crippen LogP contribution in [0, 0.1) is 0 Å². The largest absolute Gasteiger partial charge is 0.376 e. The van der Waals surface area contributed by atoms with Gasteiger partial charge in [0.2, 0.25) is 0 Å². The first-order valence-electron chi connectivity index (χ1n) is 5.46. The van der Waals surface area contributed by atoms with Crippen LogP contribution in [0.15, 0.2) is 0 Å². The number of hydrogen-bond donors (Lipinski definition) is 0. The lowest BCUT2D eigenvalue weighted by molar-refractivity contribution is 0.101. The molecule has 3 heterocycles. The van der Waals surface area contributed by atoms with Gasteiger partial charge >= 0.3 is 0 Å². The fourth-order valence-electron chi connectivity index (χ4n) is 1.43. The van der Waals surface area contributed by atoms with Gasteiger partial charge in [-0.05, 0) is 0 Å². The van der Waals surface area contributed by atoms with Crippen LogP contribution in [-0.4, -0.2) is 64.1 Å². The quantitative estimate of drug-likeness (QED) is 0.516. The van der Waals surface area contributed by atoms with Crippen molar-refractivity contribution >= 4 is 0 Å². The van der Waals surface area contributed by atoms with E-state index in [4.69, 9.17) is 23.7 Å². The van der Waals surface area contributed by atoms with Crippen molar-refractivity contribution in [3.8, 4) is 0 Å². The van der Waals surface area contributed by atoms with Crippen LogP contribution in [0.25, 0.3) is 0 Å². The Hall–Kier alpha value is -0.200. The maximum absolute atomic E-state index is 5.42. The summed E-state index contributed by atoms with van der Waals surface area (Å²) in [5, 5.41) is 0. The molecule has 0 spiro atoms. The van der Waals surface area contributed by atoms with Crippen molar-refractivity contribution in [3.05, 3.63) is 0 Å². The number of hydrogen-bond acceptors (Lipinski definition) is 5. The smallest absolute Gasteiger partial charge is 0.110 e. The summed E-state index contributed by atoms with van der Waals surface area (Å²) in [5.41, 5.74) is 0. The van der Waals surface area contributed by atoms with Crippen molar-refractivity contribution in [1.82, 2.24) is 0 Å². The summed E-state index contributed by atoms with van der Waals surface area (Å²) in [6.45, 7) is 4.41. The molecular formula is C10H16O5. The number of rotatable bonds is 8. The van der Waals surface area contributed by atoms with Gasteiger partial charge in [0.25, 0.3) is 0 Å². The summed E-state index contributed by atoms with van der Waals surface area (Å²) in [7, 11) is 0. The van der Waals surface area contributed by atoms with Crippen LogP contribution in [-0.2, 0) is 23.7 Å². The minimum absolute atomic E-state index is 0.226. The van der Waals surface area contributed by atoms with E-state index in [9.17, 15) is 0 Å². The molecule has 5 heteroatoms. The molecule has 15 heavy (non-hydrogen) atoms. The zero-order valence-electron chi connectivity index (χ0n) is 8.59. The Morgan fingerprint density at radius 2 is 1.27 bits per heavy atom. The van der Waals surface area contributed by atoms with Gasteiger partial charge in [0.1, 0.15) is 24.4 Å². The summed E-state index contributed by atoms with van der Waals surface area (Å²) in [4.78, 5) is 0. The number of epoxide rings is 3. The van der Waals surface area contributed by atoms with Crippen molar-refractivity contribution in [2.75, 3.05) is 39.6 Å². The summed E-state index contributed by atoms with van der Waals surface area (Å²) >= 11 is 0. The van der Waals surface area contributed by atoms with Crippen LogP contribution in [0.1, 0.15) is 0 Å². The molecule has 3 aliphatic heterocycles. The Labute approximate surface area is 88.6 Å². The Morgan fingerprint density at radius 3 is 1.67 bits per heavy atom. The first-order valence-corrected chi connectivity index (χ1v) is 5.46. The molecule has 0 amide bonds. The van der Waals surface area contributed by atoms with Crippen molar-refractivity contribution in [1.29, 1.82) is 0 Å². The fourth-order valence-corrected chi connectivity index (χ4v) is 1.43. The van der Waals surface area contributed by atoms with Crippen molar-refractivity contribution in [2.45, 2.75) is 24.4 Å². The summed E-state index contributed by atoms with van der Waals surface area (Å²) in [5.74, 6) is 0. The van der Waals surface area contributed by atoms with Gasteiger partial charge in [-0.15, -0.1) is 0 Å². The summed E-state index contributed by atoms with van der Waals surface area (Å²) in [6, 6.07) is 0. The van der Waals surface area contributed by atoms with Gasteiger partial charge in [0.05, 0.1) is 39.6 Å². The minimum Gasteiger partial charge on any atom is -0.376 e. The second-order valence-electron chi connectivity index (χ2n) is 4.20. The van der Waals surface area contributed by atoms with Crippen molar-refractivity contribution in [3.63, 3.8) is 0 Å². The van der Waals surface area contributed by atoms with Gasteiger partial charge < -0.3 is 23.7 Å². The van der Waals surface area contributed by atoms with Crippen LogP contribution in [0.4, 0.5) is 0 Å². The first kappa shape index (κ1) is 9.99. The van der Waals surface area contributed by atoms with E-state index in [2.05, 4.69) is 0 Å². The first-order chi connectivity index (χ1) is 7.42. The average Bonchev–Trinajstić information content (AvgIpc) is 3.09. The van der Waals surface area contributed by atoms with Gasteiger partial charge in [0.15, 0.2) is 0 Å². The van der Waals surface area contributed by atoms with Crippen molar-refractivity contribution < 1.29 is 23.7 Å². The number of ether oxygens (including phenoxy) is 5.